The normalized spacial score (nSPS) is 16.2. The number of rotatable bonds is 5. The molecule has 0 spiro atoms. The lowest BCUT2D eigenvalue weighted by Crippen LogP contribution is -2.50. The molecule has 2 rings (SSSR count). The van der Waals surface area contributed by atoms with Crippen LogP contribution in [0.4, 0.5) is 0 Å². The lowest BCUT2D eigenvalue weighted by Gasteiger charge is -2.34. The molecule has 0 saturated carbocycles. The maximum Gasteiger partial charge on any atom is 0.243 e. The summed E-state index contributed by atoms with van der Waals surface area (Å²) in [5, 5.41) is 0.465. The van der Waals surface area contributed by atoms with Crippen LogP contribution in [0.25, 0.3) is 0 Å². The number of carbonyl (C=O) groups excluding carboxylic acids is 2. The van der Waals surface area contributed by atoms with Crippen LogP contribution in [0.5, 0.6) is 0 Å². The molecule has 0 aliphatic carbocycles. The summed E-state index contributed by atoms with van der Waals surface area (Å²) in [5.41, 5.74) is 0. The van der Waals surface area contributed by atoms with E-state index in [0.29, 0.717) is 13.1 Å². The van der Waals surface area contributed by atoms with E-state index in [4.69, 9.17) is 23.2 Å². The molecule has 9 heteroatoms. The molecule has 1 aliphatic heterocycles. The number of nitrogens with zero attached hydrogens (tertiary/aromatic N) is 2. The van der Waals surface area contributed by atoms with Gasteiger partial charge in [-0.3, -0.25) is 4.79 Å². The number of ketones is 1. The first-order chi connectivity index (χ1) is 11.2. The number of benzene rings is 1. The maximum atomic E-state index is 12.6. The van der Waals surface area contributed by atoms with Gasteiger partial charge in [0.1, 0.15) is 5.78 Å². The molecule has 1 saturated heterocycles. The van der Waals surface area contributed by atoms with Crippen LogP contribution in [0.3, 0.4) is 0 Å². The van der Waals surface area contributed by atoms with Crippen molar-refractivity contribution in [1.82, 2.24) is 9.21 Å². The van der Waals surface area contributed by atoms with Gasteiger partial charge in [0.2, 0.25) is 15.9 Å². The van der Waals surface area contributed by atoms with E-state index in [2.05, 4.69) is 0 Å². The van der Waals surface area contributed by atoms with Crippen molar-refractivity contribution < 1.29 is 18.0 Å². The summed E-state index contributed by atoms with van der Waals surface area (Å²) < 4.78 is 26.6. The number of hydrogen-bond donors (Lipinski definition) is 0. The van der Waals surface area contributed by atoms with Crippen LogP contribution in [-0.4, -0.2) is 55.5 Å². The second-order valence-electron chi connectivity index (χ2n) is 5.56. The van der Waals surface area contributed by atoms with E-state index in [-0.39, 0.29) is 52.6 Å². The molecule has 132 valence electrons. The summed E-state index contributed by atoms with van der Waals surface area (Å²) in [6, 6.07) is 4.18. The fraction of sp³-hybridized carbons (Fsp3) is 0.467. The molecule has 1 heterocycles. The second-order valence-corrected chi connectivity index (χ2v) is 8.32. The predicted octanol–water partition coefficient (Wildman–Crippen LogP) is 2.20. The molecule has 1 aromatic rings. The van der Waals surface area contributed by atoms with E-state index < -0.39 is 10.0 Å². The van der Waals surface area contributed by atoms with Gasteiger partial charge in [-0.05, 0) is 25.1 Å². The van der Waals surface area contributed by atoms with Crippen molar-refractivity contribution in [2.45, 2.75) is 24.7 Å². The third kappa shape index (κ3) is 4.47. The standard InChI is InChI=1S/C15H18Cl2N2O4S/c1-11(20)2-5-15(21)18-6-8-19(9-7-18)24(22,23)12-3-4-13(16)14(17)10-12/h3-4,10H,2,5-9H2,1H3. The third-order valence-corrected chi connectivity index (χ3v) is 6.44. The van der Waals surface area contributed by atoms with Crippen LogP contribution in [0.1, 0.15) is 19.8 Å². The Morgan fingerprint density at radius 1 is 1.04 bits per heavy atom. The molecule has 1 aromatic carbocycles. The molecule has 0 N–H and O–H groups in total. The Labute approximate surface area is 151 Å². The Balaban J connectivity index is 2.01. The lowest BCUT2D eigenvalue weighted by atomic mass is 10.2. The first-order valence-electron chi connectivity index (χ1n) is 7.44. The Morgan fingerprint density at radius 2 is 1.67 bits per heavy atom. The number of piperazine rings is 1. The zero-order valence-corrected chi connectivity index (χ0v) is 15.5. The van der Waals surface area contributed by atoms with Gasteiger partial charge in [0.05, 0.1) is 14.9 Å². The average Bonchev–Trinajstić information content (AvgIpc) is 2.55. The highest BCUT2D eigenvalue weighted by Gasteiger charge is 2.30. The van der Waals surface area contributed by atoms with Gasteiger partial charge in [0.25, 0.3) is 0 Å². The number of amides is 1. The van der Waals surface area contributed by atoms with Gasteiger partial charge >= 0.3 is 0 Å². The third-order valence-electron chi connectivity index (χ3n) is 3.81. The number of Topliss-reactive ketones (excluding diaryl/α,β-unsaturated/α-hetero) is 1. The van der Waals surface area contributed by atoms with Crippen LogP contribution in [-0.2, 0) is 19.6 Å². The minimum absolute atomic E-state index is 0.0378. The van der Waals surface area contributed by atoms with E-state index in [0.717, 1.165) is 0 Å². The van der Waals surface area contributed by atoms with Crippen molar-refractivity contribution in [2.24, 2.45) is 0 Å². The average molecular weight is 393 g/mol. The highest BCUT2D eigenvalue weighted by Crippen LogP contribution is 2.27. The van der Waals surface area contributed by atoms with Gasteiger partial charge in [0, 0.05) is 39.0 Å². The summed E-state index contributed by atoms with van der Waals surface area (Å²) in [6.45, 7) is 2.45. The lowest BCUT2D eigenvalue weighted by molar-refractivity contribution is -0.134. The van der Waals surface area contributed by atoms with Crippen LogP contribution in [0, 0.1) is 0 Å². The molecular weight excluding hydrogens is 375 g/mol. The molecule has 24 heavy (non-hydrogen) atoms. The summed E-state index contributed by atoms with van der Waals surface area (Å²) in [6.07, 6.45) is 0.371. The van der Waals surface area contributed by atoms with E-state index in [9.17, 15) is 18.0 Å². The quantitative estimate of drug-likeness (QED) is 0.769. The Kier molecular flexibility index (Phi) is 6.25. The number of halogens is 2. The first kappa shape index (κ1) is 19.2. The van der Waals surface area contributed by atoms with Gasteiger partial charge in [0.15, 0.2) is 0 Å². The molecule has 6 nitrogen and oxygen atoms in total. The van der Waals surface area contributed by atoms with Gasteiger partial charge in [-0.15, -0.1) is 0 Å². The van der Waals surface area contributed by atoms with E-state index >= 15 is 0 Å². The Hall–Kier alpha value is -1.15. The van der Waals surface area contributed by atoms with Crippen molar-refractivity contribution in [3.8, 4) is 0 Å². The maximum absolute atomic E-state index is 12.6. The van der Waals surface area contributed by atoms with Crippen molar-refractivity contribution in [3.05, 3.63) is 28.2 Å². The van der Waals surface area contributed by atoms with Crippen LogP contribution >= 0.6 is 23.2 Å². The molecular formula is C15H18Cl2N2O4S. The number of sulfonamides is 1. The zero-order chi connectivity index (χ0) is 17.9. The van der Waals surface area contributed by atoms with E-state index in [1.165, 1.54) is 29.4 Å². The monoisotopic (exact) mass is 392 g/mol. The molecule has 1 fully saturated rings. The Morgan fingerprint density at radius 3 is 2.21 bits per heavy atom. The summed E-state index contributed by atoms with van der Waals surface area (Å²) in [7, 11) is -3.68. The van der Waals surface area contributed by atoms with E-state index in [1.807, 2.05) is 0 Å². The topological polar surface area (TPSA) is 74.8 Å². The van der Waals surface area contributed by atoms with Crippen LogP contribution in [0.15, 0.2) is 23.1 Å². The molecule has 0 aromatic heterocycles. The van der Waals surface area contributed by atoms with Gasteiger partial charge < -0.3 is 9.69 Å². The minimum Gasteiger partial charge on any atom is -0.340 e. The highest BCUT2D eigenvalue weighted by atomic mass is 35.5. The molecule has 0 atom stereocenters. The van der Waals surface area contributed by atoms with Crippen LogP contribution < -0.4 is 0 Å². The number of hydrogen-bond acceptors (Lipinski definition) is 4. The minimum atomic E-state index is -3.68. The zero-order valence-electron chi connectivity index (χ0n) is 13.2. The highest BCUT2D eigenvalue weighted by molar-refractivity contribution is 7.89. The Bertz CT molecular complexity index is 744. The first-order valence-corrected chi connectivity index (χ1v) is 9.64. The summed E-state index contributed by atoms with van der Waals surface area (Å²) >= 11 is 11.7. The summed E-state index contributed by atoms with van der Waals surface area (Å²) in [4.78, 5) is 24.6. The SMILES string of the molecule is CC(=O)CCC(=O)N1CCN(S(=O)(=O)c2ccc(Cl)c(Cl)c2)CC1. The van der Waals surface area contributed by atoms with Gasteiger partial charge in [-0.1, -0.05) is 23.2 Å². The molecule has 0 bridgehead atoms. The fourth-order valence-corrected chi connectivity index (χ4v) is 4.22. The van der Waals surface area contributed by atoms with Crippen molar-refractivity contribution in [2.75, 3.05) is 26.2 Å². The smallest absolute Gasteiger partial charge is 0.243 e. The van der Waals surface area contributed by atoms with Crippen LogP contribution in [0.2, 0.25) is 10.0 Å². The fourth-order valence-electron chi connectivity index (χ4n) is 2.41. The second kappa shape index (κ2) is 7.82. The summed E-state index contributed by atoms with van der Waals surface area (Å²) in [5.74, 6) is -0.166. The predicted molar refractivity (Wildman–Crippen MR) is 91.7 cm³/mol. The molecule has 1 amide bonds. The molecule has 0 radical (unpaired) electrons. The van der Waals surface area contributed by atoms with E-state index in [1.54, 1.807) is 4.90 Å². The van der Waals surface area contributed by atoms with Gasteiger partial charge in [-0.2, -0.15) is 4.31 Å². The van der Waals surface area contributed by atoms with Crippen molar-refractivity contribution in [3.63, 3.8) is 0 Å². The van der Waals surface area contributed by atoms with Crippen molar-refractivity contribution in [1.29, 1.82) is 0 Å². The molecule has 0 unspecified atom stereocenters. The molecule has 1 aliphatic rings. The largest absolute Gasteiger partial charge is 0.340 e. The van der Waals surface area contributed by atoms with Crippen molar-refractivity contribution >= 4 is 44.9 Å². The number of carbonyl (C=O) groups is 2. The van der Waals surface area contributed by atoms with Gasteiger partial charge in [-0.25, -0.2) is 8.42 Å².